The number of ether oxygens (including phenoxy) is 2. The predicted molar refractivity (Wildman–Crippen MR) is 70.8 cm³/mol. The lowest BCUT2D eigenvalue weighted by molar-refractivity contribution is -0.137. The molecule has 1 aliphatic carbocycles. The molecule has 6 heteroatoms. The van der Waals surface area contributed by atoms with Crippen LogP contribution in [0.25, 0.3) is 0 Å². The van der Waals surface area contributed by atoms with Crippen LogP contribution in [0.4, 0.5) is 0 Å². The van der Waals surface area contributed by atoms with Gasteiger partial charge in [-0.15, -0.1) is 0 Å². The van der Waals surface area contributed by atoms with Crippen molar-refractivity contribution in [1.82, 2.24) is 0 Å². The minimum Gasteiger partial charge on any atom is -0.493 e. The fourth-order valence-corrected chi connectivity index (χ4v) is 1.99. The van der Waals surface area contributed by atoms with Crippen LogP contribution in [0.15, 0.2) is 12.1 Å². The van der Waals surface area contributed by atoms with Crippen molar-refractivity contribution in [3.05, 3.63) is 22.7 Å². The molecular weight excluding hydrogens is 270 g/mol. The molecule has 0 amide bonds. The van der Waals surface area contributed by atoms with Crippen molar-refractivity contribution in [2.75, 3.05) is 7.11 Å². The molecule has 1 fully saturated rings. The van der Waals surface area contributed by atoms with Crippen LogP contribution in [-0.4, -0.2) is 24.3 Å². The van der Waals surface area contributed by atoms with Crippen molar-refractivity contribution >= 4 is 17.6 Å². The Morgan fingerprint density at radius 3 is 2.79 bits per heavy atom. The quantitative estimate of drug-likeness (QED) is 0.838. The van der Waals surface area contributed by atoms with E-state index in [1.807, 2.05) is 0 Å². The van der Waals surface area contributed by atoms with E-state index in [2.05, 4.69) is 0 Å². The van der Waals surface area contributed by atoms with E-state index < -0.39 is 12.0 Å². The summed E-state index contributed by atoms with van der Waals surface area (Å²) in [5.41, 5.74) is 6.43. The number of carboxylic acid groups (broad SMARTS) is 1. The van der Waals surface area contributed by atoms with Gasteiger partial charge < -0.3 is 20.3 Å². The number of benzene rings is 1. The second-order valence-electron chi connectivity index (χ2n) is 4.56. The Balaban J connectivity index is 2.26. The number of hydrogen-bond donors (Lipinski definition) is 2. The molecule has 1 saturated carbocycles. The standard InChI is InChI=1S/C13H16ClNO4/c1-18-11-5-7(10(15)6-12(16)17)4-9(14)13(11)19-8-2-3-8/h4-5,8,10H,2-3,6,15H2,1H3,(H,16,17). The molecule has 0 aliphatic heterocycles. The minimum atomic E-state index is -0.958. The monoisotopic (exact) mass is 285 g/mol. The number of halogens is 1. The lowest BCUT2D eigenvalue weighted by Crippen LogP contribution is -2.15. The molecule has 104 valence electrons. The molecule has 5 nitrogen and oxygen atoms in total. The second-order valence-corrected chi connectivity index (χ2v) is 4.96. The van der Waals surface area contributed by atoms with Gasteiger partial charge in [0.2, 0.25) is 0 Å². The van der Waals surface area contributed by atoms with Gasteiger partial charge in [0.1, 0.15) is 0 Å². The molecule has 2 rings (SSSR count). The number of carbonyl (C=O) groups is 1. The molecule has 1 aromatic rings. The zero-order valence-corrected chi connectivity index (χ0v) is 11.3. The van der Waals surface area contributed by atoms with E-state index in [9.17, 15) is 4.79 Å². The number of methoxy groups -OCH3 is 1. The lowest BCUT2D eigenvalue weighted by atomic mass is 10.0. The van der Waals surface area contributed by atoms with Gasteiger partial charge in [0, 0.05) is 6.04 Å². The Kier molecular flexibility index (Phi) is 4.17. The zero-order valence-electron chi connectivity index (χ0n) is 10.6. The molecular formula is C13H16ClNO4. The Labute approximate surface area is 116 Å². The van der Waals surface area contributed by atoms with E-state index in [0.717, 1.165) is 12.8 Å². The third-order valence-electron chi connectivity index (χ3n) is 2.88. The number of hydrogen-bond acceptors (Lipinski definition) is 4. The van der Waals surface area contributed by atoms with Crippen LogP contribution in [0.5, 0.6) is 11.5 Å². The van der Waals surface area contributed by atoms with Gasteiger partial charge in [-0.05, 0) is 30.5 Å². The summed E-state index contributed by atoms with van der Waals surface area (Å²) in [5.74, 6) is 0.0223. The topological polar surface area (TPSA) is 81.8 Å². The Morgan fingerprint density at radius 2 is 2.26 bits per heavy atom. The van der Waals surface area contributed by atoms with Crippen molar-refractivity contribution in [2.45, 2.75) is 31.4 Å². The van der Waals surface area contributed by atoms with Gasteiger partial charge in [0.25, 0.3) is 0 Å². The molecule has 0 radical (unpaired) electrons. The van der Waals surface area contributed by atoms with Gasteiger partial charge in [0.15, 0.2) is 11.5 Å². The smallest absolute Gasteiger partial charge is 0.305 e. The van der Waals surface area contributed by atoms with Crippen LogP contribution in [0.3, 0.4) is 0 Å². The van der Waals surface area contributed by atoms with Gasteiger partial charge in [0.05, 0.1) is 24.7 Å². The van der Waals surface area contributed by atoms with Crippen molar-refractivity contribution in [1.29, 1.82) is 0 Å². The van der Waals surface area contributed by atoms with Crippen LogP contribution in [0, 0.1) is 0 Å². The van der Waals surface area contributed by atoms with E-state index in [1.54, 1.807) is 12.1 Å². The van der Waals surface area contributed by atoms with Crippen LogP contribution in [0.1, 0.15) is 30.9 Å². The highest BCUT2D eigenvalue weighted by Crippen LogP contribution is 2.41. The van der Waals surface area contributed by atoms with Crippen LogP contribution < -0.4 is 15.2 Å². The highest BCUT2D eigenvalue weighted by molar-refractivity contribution is 6.32. The van der Waals surface area contributed by atoms with Gasteiger partial charge >= 0.3 is 5.97 Å². The first-order chi connectivity index (χ1) is 9.01. The first-order valence-electron chi connectivity index (χ1n) is 6.02. The van der Waals surface area contributed by atoms with E-state index in [4.69, 9.17) is 31.9 Å². The average Bonchev–Trinajstić information content (AvgIpc) is 3.14. The summed E-state index contributed by atoms with van der Waals surface area (Å²) >= 11 is 6.16. The summed E-state index contributed by atoms with van der Waals surface area (Å²) in [4.78, 5) is 10.7. The minimum absolute atomic E-state index is 0.164. The number of carboxylic acids is 1. The van der Waals surface area contributed by atoms with E-state index in [1.165, 1.54) is 7.11 Å². The molecule has 1 unspecified atom stereocenters. The normalized spacial score (nSPS) is 15.9. The van der Waals surface area contributed by atoms with Gasteiger partial charge in [-0.3, -0.25) is 4.79 Å². The first-order valence-corrected chi connectivity index (χ1v) is 6.40. The molecule has 0 heterocycles. The second kappa shape index (κ2) is 5.67. The largest absolute Gasteiger partial charge is 0.493 e. The summed E-state index contributed by atoms with van der Waals surface area (Å²) in [6.07, 6.45) is 2.06. The van der Waals surface area contributed by atoms with Gasteiger partial charge in [-0.2, -0.15) is 0 Å². The average molecular weight is 286 g/mol. The maximum atomic E-state index is 10.7. The van der Waals surface area contributed by atoms with Gasteiger partial charge in [-0.1, -0.05) is 11.6 Å². The highest BCUT2D eigenvalue weighted by atomic mass is 35.5. The predicted octanol–water partition coefficient (Wildman–Crippen LogP) is 2.36. The Morgan fingerprint density at radius 1 is 1.58 bits per heavy atom. The van der Waals surface area contributed by atoms with E-state index in [-0.39, 0.29) is 12.5 Å². The molecule has 1 aliphatic rings. The van der Waals surface area contributed by atoms with E-state index in [0.29, 0.717) is 22.1 Å². The van der Waals surface area contributed by atoms with Crippen molar-refractivity contribution in [3.63, 3.8) is 0 Å². The molecule has 0 spiro atoms. The van der Waals surface area contributed by atoms with Gasteiger partial charge in [-0.25, -0.2) is 0 Å². The highest BCUT2D eigenvalue weighted by Gasteiger charge is 2.27. The van der Waals surface area contributed by atoms with Crippen molar-refractivity contribution < 1.29 is 19.4 Å². The summed E-state index contributed by atoms with van der Waals surface area (Å²) < 4.78 is 10.9. The summed E-state index contributed by atoms with van der Waals surface area (Å²) in [7, 11) is 1.51. The summed E-state index contributed by atoms with van der Waals surface area (Å²) in [5, 5.41) is 9.14. The molecule has 19 heavy (non-hydrogen) atoms. The summed E-state index contributed by atoms with van der Waals surface area (Å²) in [6.45, 7) is 0. The lowest BCUT2D eigenvalue weighted by Gasteiger charge is -2.16. The maximum Gasteiger partial charge on any atom is 0.305 e. The van der Waals surface area contributed by atoms with E-state index >= 15 is 0 Å². The third-order valence-corrected chi connectivity index (χ3v) is 3.16. The maximum absolute atomic E-state index is 10.7. The molecule has 0 saturated heterocycles. The third kappa shape index (κ3) is 3.52. The zero-order chi connectivity index (χ0) is 14.0. The number of rotatable bonds is 6. The fraction of sp³-hybridized carbons (Fsp3) is 0.462. The van der Waals surface area contributed by atoms with Crippen molar-refractivity contribution in [2.24, 2.45) is 5.73 Å². The van der Waals surface area contributed by atoms with Crippen molar-refractivity contribution in [3.8, 4) is 11.5 Å². The number of aliphatic carboxylic acids is 1. The summed E-state index contributed by atoms with van der Waals surface area (Å²) in [6, 6.07) is 2.69. The molecule has 3 N–H and O–H groups in total. The molecule has 0 aromatic heterocycles. The molecule has 1 atom stereocenters. The van der Waals surface area contributed by atoms with Crippen LogP contribution >= 0.6 is 11.6 Å². The van der Waals surface area contributed by atoms with Crippen LogP contribution in [-0.2, 0) is 4.79 Å². The SMILES string of the molecule is COc1cc(C(N)CC(=O)O)cc(Cl)c1OC1CC1. The molecule has 0 bridgehead atoms. The number of nitrogens with two attached hydrogens (primary N) is 1. The first kappa shape index (κ1) is 14.0. The Hall–Kier alpha value is -1.46. The van der Waals surface area contributed by atoms with Crippen LogP contribution in [0.2, 0.25) is 5.02 Å². The fourth-order valence-electron chi connectivity index (χ4n) is 1.73. The Bertz CT molecular complexity index is 488. The molecule has 1 aromatic carbocycles.